The van der Waals surface area contributed by atoms with Crippen LogP contribution in [0.2, 0.25) is 0 Å². The zero-order valence-corrected chi connectivity index (χ0v) is 10.6. The summed E-state index contributed by atoms with van der Waals surface area (Å²) in [4.78, 5) is 0. The van der Waals surface area contributed by atoms with Crippen LogP contribution >= 0.6 is 0 Å². The third-order valence-corrected chi connectivity index (χ3v) is 2.07. The summed E-state index contributed by atoms with van der Waals surface area (Å²) in [7, 11) is 0. The summed E-state index contributed by atoms with van der Waals surface area (Å²) in [5.41, 5.74) is 1.37. The molecule has 0 saturated heterocycles. The van der Waals surface area contributed by atoms with Gasteiger partial charge >= 0.3 is 0 Å². The number of benzene rings is 1. The molecule has 0 bridgehead atoms. The molecule has 0 atom stereocenters. The van der Waals surface area contributed by atoms with Crippen molar-refractivity contribution < 1.29 is 0 Å². The van der Waals surface area contributed by atoms with Gasteiger partial charge in [-0.15, -0.1) is 0 Å². The minimum atomic E-state index is 0.795. The number of hydrogen-bond donors (Lipinski definition) is 1. The Bertz CT molecular complexity index is 216. The molecule has 0 unspecified atom stereocenters. The summed E-state index contributed by atoms with van der Waals surface area (Å²) >= 11 is 0. The molecule has 0 radical (unpaired) electrons. The smallest absolute Gasteiger partial charge is 0.0205 e. The molecule has 0 amide bonds. The SMILES string of the molecule is CC.CC(C)CCNCc1ccccc1. The Hall–Kier alpha value is -0.820. The minimum absolute atomic E-state index is 0.795. The lowest BCUT2D eigenvalue weighted by molar-refractivity contribution is 0.537. The zero-order chi connectivity index (χ0) is 11.5. The molecule has 0 saturated carbocycles. The van der Waals surface area contributed by atoms with Crippen LogP contribution in [-0.2, 0) is 6.54 Å². The molecular weight excluding hydrogens is 182 g/mol. The Morgan fingerprint density at radius 1 is 1.07 bits per heavy atom. The molecule has 0 heterocycles. The molecule has 0 aliphatic carbocycles. The van der Waals surface area contributed by atoms with E-state index in [0.29, 0.717) is 0 Å². The van der Waals surface area contributed by atoms with Crippen molar-refractivity contribution in [3.05, 3.63) is 35.9 Å². The van der Waals surface area contributed by atoms with Gasteiger partial charge in [0.2, 0.25) is 0 Å². The van der Waals surface area contributed by atoms with Crippen molar-refractivity contribution in [1.82, 2.24) is 5.32 Å². The Morgan fingerprint density at radius 2 is 1.67 bits per heavy atom. The second-order valence-electron chi connectivity index (χ2n) is 3.84. The van der Waals surface area contributed by atoms with Crippen molar-refractivity contribution >= 4 is 0 Å². The molecule has 0 aliphatic heterocycles. The maximum atomic E-state index is 3.43. The normalized spacial score (nSPS) is 9.67. The monoisotopic (exact) mass is 207 g/mol. The fourth-order valence-electron chi connectivity index (χ4n) is 1.22. The Labute approximate surface area is 94.9 Å². The molecule has 0 spiro atoms. The Balaban J connectivity index is 0.000000921. The van der Waals surface area contributed by atoms with Gasteiger partial charge in [0.25, 0.3) is 0 Å². The molecule has 0 aromatic heterocycles. The molecule has 0 aliphatic rings. The first kappa shape index (κ1) is 14.2. The third-order valence-electron chi connectivity index (χ3n) is 2.07. The first-order chi connectivity index (χ1) is 7.29. The number of hydrogen-bond acceptors (Lipinski definition) is 1. The highest BCUT2D eigenvalue weighted by molar-refractivity contribution is 5.14. The lowest BCUT2D eigenvalue weighted by Crippen LogP contribution is -2.16. The quantitative estimate of drug-likeness (QED) is 0.723. The van der Waals surface area contributed by atoms with Gasteiger partial charge < -0.3 is 5.32 Å². The van der Waals surface area contributed by atoms with Crippen LogP contribution < -0.4 is 5.32 Å². The van der Waals surface area contributed by atoms with Gasteiger partial charge in [0, 0.05) is 6.54 Å². The van der Waals surface area contributed by atoms with E-state index in [2.05, 4.69) is 49.5 Å². The van der Waals surface area contributed by atoms with Crippen molar-refractivity contribution in [2.45, 2.75) is 40.7 Å². The topological polar surface area (TPSA) is 12.0 Å². The molecule has 1 rings (SSSR count). The largest absolute Gasteiger partial charge is 0.313 e. The highest BCUT2D eigenvalue weighted by Gasteiger charge is 1.93. The maximum absolute atomic E-state index is 3.43. The van der Waals surface area contributed by atoms with Gasteiger partial charge in [0.15, 0.2) is 0 Å². The van der Waals surface area contributed by atoms with Crippen molar-refractivity contribution in [3.8, 4) is 0 Å². The van der Waals surface area contributed by atoms with Gasteiger partial charge in [-0.05, 0) is 24.4 Å². The average Bonchev–Trinajstić information content (AvgIpc) is 2.28. The van der Waals surface area contributed by atoms with E-state index in [1.165, 1.54) is 12.0 Å². The fourth-order valence-corrected chi connectivity index (χ4v) is 1.22. The molecule has 15 heavy (non-hydrogen) atoms. The van der Waals surface area contributed by atoms with Crippen LogP contribution in [0.5, 0.6) is 0 Å². The van der Waals surface area contributed by atoms with E-state index in [1.807, 2.05) is 13.8 Å². The lowest BCUT2D eigenvalue weighted by atomic mass is 10.1. The summed E-state index contributed by atoms with van der Waals surface area (Å²) in [6, 6.07) is 10.5. The van der Waals surface area contributed by atoms with Gasteiger partial charge in [-0.25, -0.2) is 0 Å². The van der Waals surface area contributed by atoms with E-state index in [0.717, 1.165) is 19.0 Å². The summed E-state index contributed by atoms with van der Waals surface area (Å²) < 4.78 is 0. The van der Waals surface area contributed by atoms with Gasteiger partial charge in [-0.2, -0.15) is 0 Å². The van der Waals surface area contributed by atoms with E-state index in [9.17, 15) is 0 Å². The predicted molar refractivity (Wildman–Crippen MR) is 69.0 cm³/mol. The number of nitrogens with one attached hydrogen (secondary N) is 1. The highest BCUT2D eigenvalue weighted by Crippen LogP contribution is 1.99. The van der Waals surface area contributed by atoms with Crippen LogP contribution in [0.1, 0.15) is 39.7 Å². The molecule has 1 heteroatoms. The molecule has 1 N–H and O–H groups in total. The molecule has 0 fully saturated rings. The second-order valence-corrected chi connectivity index (χ2v) is 3.84. The lowest BCUT2D eigenvalue weighted by Gasteiger charge is -2.06. The van der Waals surface area contributed by atoms with Gasteiger partial charge in [-0.1, -0.05) is 58.0 Å². The number of rotatable bonds is 5. The minimum Gasteiger partial charge on any atom is -0.313 e. The summed E-state index contributed by atoms with van der Waals surface area (Å²) in [6.45, 7) is 10.6. The summed E-state index contributed by atoms with van der Waals surface area (Å²) in [6.07, 6.45) is 1.26. The predicted octanol–water partition coefficient (Wildman–Crippen LogP) is 3.85. The summed E-state index contributed by atoms with van der Waals surface area (Å²) in [5, 5.41) is 3.43. The van der Waals surface area contributed by atoms with E-state index in [4.69, 9.17) is 0 Å². The first-order valence-corrected chi connectivity index (χ1v) is 6.03. The Morgan fingerprint density at radius 3 is 2.20 bits per heavy atom. The average molecular weight is 207 g/mol. The van der Waals surface area contributed by atoms with E-state index < -0.39 is 0 Å². The van der Waals surface area contributed by atoms with Crippen LogP contribution in [0, 0.1) is 5.92 Å². The van der Waals surface area contributed by atoms with Crippen molar-refractivity contribution in [2.75, 3.05) is 6.54 Å². The van der Waals surface area contributed by atoms with E-state index in [1.54, 1.807) is 0 Å². The molecule has 86 valence electrons. The maximum Gasteiger partial charge on any atom is 0.0205 e. The van der Waals surface area contributed by atoms with Crippen LogP contribution in [0.4, 0.5) is 0 Å². The van der Waals surface area contributed by atoms with Crippen LogP contribution in [0.25, 0.3) is 0 Å². The second kappa shape index (κ2) is 9.72. The van der Waals surface area contributed by atoms with Gasteiger partial charge in [0.1, 0.15) is 0 Å². The standard InChI is InChI=1S/C12H19N.C2H6/c1-11(2)8-9-13-10-12-6-4-3-5-7-12;1-2/h3-7,11,13H,8-10H2,1-2H3;1-2H3. The van der Waals surface area contributed by atoms with Crippen LogP contribution in [0.15, 0.2) is 30.3 Å². The van der Waals surface area contributed by atoms with Crippen LogP contribution in [0.3, 0.4) is 0 Å². The van der Waals surface area contributed by atoms with Crippen molar-refractivity contribution in [2.24, 2.45) is 5.92 Å². The first-order valence-electron chi connectivity index (χ1n) is 6.03. The summed E-state index contributed by atoms with van der Waals surface area (Å²) in [5.74, 6) is 0.795. The molecule has 1 aromatic carbocycles. The molecule has 1 aromatic rings. The van der Waals surface area contributed by atoms with Gasteiger partial charge in [0.05, 0.1) is 0 Å². The molecule has 1 nitrogen and oxygen atoms in total. The van der Waals surface area contributed by atoms with Gasteiger partial charge in [-0.3, -0.25) is 0 Å². The highest BCUT2D eigenvalue weighted by atomic mass is 14.8. The Kier molecular flexibility index (Phi) is 9.19. The third kappa shape index (κ3) is 8.19. The zero-order valence-electron chi connectivity index (χ0n) is 10.6. The van der Waals surface area contributed by atoms with Crippen molar-refractivity contribution in [1.29, 1.82) is 0 Å². The van der Waals surface area contributed by atoms with E-state index >= 15 is 0 Å². The molecular formula is C14H25N. The van der Waals surface area contributed by atoms with E-state index in [-0.39, 0.29) is 0 Å². The van der Waals surface area contributed by atoms with Crippen molar-refractivity contribution in [3.63, 3.8) is 0 Å². The van der Waals surface area contributed by atoms with Crippen LogP contribution in [-0.4, -0.2) is 6.54 Å². The fraction of sp³-hybridized carbons (Fsp3) is 0.571.